The lowest BCUT2D eigenvalue weighted by atomic mass is 10.1. The number of methoxy groups -OCH3 is 3. The summed E-state index contributed by atoms with van der Waals surface area (Å²) in [6.45, 7) is 3.66. The first-order chi connectivity index (χ1) is 7.69. The fourth-order valence-electron chi connectivity index (χ4n) is 1.51. The lowest BCUT2D eigenvalue weighted by Gasteiger charge is -2.17. The molecule has 88 valence electrons. The van der Waals surface area contributed by atoms with Crippen LogP contribution in [0.5, 0.6) is 17.2 Å². The predicted molar refractivity (Wildman–Crippen MR) is 63.2 cm³/mol. The van der Waals surface area contributed by atoms with Gasteiger partial charge >= 0.3 is 0 Å². The molecule has 1 aromatic carbocycles. The first-order valence-electron chi connectivity index (χ1n) is 4.86. The van der Waals surface area contributed by atoms with E-state index in [4.69, 9.17) is 19.9 Å². The van der Waals surface area contributed by atoms with E-state index in [9.17, 15) is 0 Å². The minimum absolute atomic E-state index is 0.297. The van der Waals surface area contributed by atoms with Crippen LogP contribution in [-0.2, 0) is 0 Å². The molecule has 4 heteroatoms. The van der Waals surface area contributed by atoms with Gasteiger partial charge in [-0.05, 0) is 12.1 Å². The van der Waals surface area contributed by atoms with Gasteiger partial charge in [0.2, 0.25) is 5.75 Å². The molecule has 2 N–H and O–H groups in total. The van der Waals surface area contributed by atoms with E-state index in [1.165, 1.54) is 0 Å². The van der Waals surface area contributed by atoms with Crippen LogP contribution in [0.1, 0.15) is 11.6 Å². The maximum Gasteiger partial charge on any atom is 0.203 e. The zero-order valence-corrected chi connectivity index (χ0v) is 9.82. The highest BCUT2D eigenvalue weighted by Crippen LogP contribution is 2.41. The van der Waals surface area contributed by atoms with Gasteiger partial charge in [-0.1, -0.05) is 6.08 Å². The molecule has 0 spiro atoms. The van der Waals surface area contributed by atoms with Gasteiger partial charge in [-0.25, -0.2) is 0 Å². The van der Waals surface area contributed by atoms with Gasteiger partial charge < -0.3 is 19.9 Å². The zero-order valence-electron chi connectivity index (χ0n) is 9.82. The van der Waals surface area contributed by atoms with Crippen LogP contribution >= 0.6 is 0 Å². The summed E-state index contributed by atoms with van der Waals surface area (Å²) in [6, 6.07) is 3.34. The van der Waals surface area contributed by atoms with Crippen molar-refractivity contribution in [3.05, 3.63) is 30.4 Å². The molecule has 0 saturated heterocycles. The Morgan fingerprint density at radius 3 is 2.19 bits per heavy atom. The quantitative estimate of drug-likeness (QED) is 0.774. The van der Waals surface area contributed by atoms with Gasteiger partial charge in [0.1, 0.15) is 0 Å². The highest BCUT2D eigenvalue weighted by molar-refractivity contribution is 5.57. The van der Waals surface area contributed by atoms with Crippen molar-refractivity contribution in [3.63, 3.8) is 0 Å². The van der Waals surface area contributed by atoms with Crippen molar-refractivity contribution in [3.8, 4) is 17.2 Å². The molecule has 0 amide bonds. The average Bonchev–Trinajstić information content (AvgIpc) is 2.35. The molecule has 4 nitrogen and oxygen atoms in total. The number of benzene rings is 1. The van der Waals surface area contributed by atoms with Gasteiger partial charge in [0, 0.05) is 5.56 Å². The van der Waals surface area contributed by atoms with Gasteiger partial charge in [0.25, 0.3) is 0 Å². The Kier molecular flexibility index (Phi) is 4.19. The molecule has 16 heavy (non-hydrogen) atoms. The van der Waals surface area contributed by atoms with Crippen LogP contribution in [0.25, 0.3) is 0 Å². The van der Waals surface area contributed by atoms with E-state index in [0.29, 0.717) is 17.2 Å². The molecule has 1 rings (SSSR count). The summed E-state index contributed by atoms with van der Waals surface area (Å²) in [6.07, 6.45) is 1.64. The van der Waals surface area contributed by atoms with Crippen LogP contribution in [0.15, 0.2) is 24.8 Å². The molecule has 0 aliphatic carbocycles. The SMILES string of the molecule is C=CC(N)c1ccc(OC)c(OC)c1OC. The lowest BCUT2D eigenvalue weighted by molar-refractivity contribution is 0.321. The van der Waals surface area contributed by atoms with Crippen molar-refractivity contribution < 1.29 is 14.2 Å². The maximum absolute atomic E-state index is 5.89. The third kappa shape index (κ3) is 2.12. The van der Waals surface area contributed by atoms with Crippen LogP contribution in [0.4, 0.5) is 0 Å². The van der Waals surface area contributed by atoms with Crippen LogP contribution < -0.4 is 19.9 Å². The van der Waals surface area contributed by atoms with Crippen LogP contribution in [0.3, 0.4) is 0 Å². The van der Waals surface area contributed by atoms with E-state index < -0.39 is 0 Å². The second-order valence-corrected chi connectivity index (χ2v) is 3.19. The van der Waals surface area contributed by atoms with Crippen molar-refractivity contribution in [1.29, 1.82) is 0 Å². The molecule has 0 saturated carbocycles. The largest absolute Gasteiger partial charge is 0.493 e. The summed E-state index contributed by atoms with van der Waals surface area (Å²) in [4.78, 5) is 0. The summed E-state index contributed by atoms with van der Waals surface area (Å²) < 4.78 is 15.7. The van der Waals surface area contributed by atoms with Crippen molar-refractivity contribution >= 4 is 0 Å². The summed E-state index contributed by atoms with van der Waals surface area (Å²) in [5.41, 5.74) is 6.71. The van der Waals surface area contributed by atoms with Gasteiger partial charge in [-0.15, -0.1) is 6.58 Å². The summed E-state index contributed by atoms with van der Waals surface area (Å²) in [7, 11) is 4.70. The van der Waals surface area contributed by atoms with Crippen LogP contribution in [-0.4, -0.2) is 21.3 Å². The molecule has 0 aliphatic heterocycles. The van der Waals surface area contributed by atoms with E-state index in [1.807, 2.05) is 6.07 Å². The van der Waals surface area contributed by atoms with E-state index >= 15 is 0 Å². The minimum atomic E-state index is -0.297. The normalized spacial score (nSPS) is 11.8. The van der Waals surface area contributed by atoms with E-state index in [2.05, 4.69) is 6.58 Å². The van der Waals surface area contributed by atoms with Gasteiger partial charge in [-0.3, -0.25) is 0 Å². The lowest BCUT2D eigenvalue weighted by Crippen LogP contribution is -2.09. The predicted octanol–water partition coefficient (Wildman–Crippen LogP) is 1.90. The number of nitrogens with two attached hydrogens (primary N) is 1. The monoisotopic (exact) mass is 223 g/mol. The number of hydrogen-bond acceptors (Lipinski definition) is 4. The number of ether oxygens (including phenoxy) is 3. The minimum Gasteiger partial charge on any atom is -0.493 e. The number of rotatable bonds is 5. The maximum atomic E-state index is 5.89. The third-order valence-corrected chi connectivity index (χ3v) is 2.35. The van der Waals surface area contributed by atoms with Crippen LogP contribution in [0.2, 0.25) is 0 Å². The molecule has 1 atom stereocenters. The van der Waals surface area contributed by atoms with Crippen molar-refractivity contribution in [2.24, 2.45) is 5.73 Å². The Balaban J connectivity index is 3.36. The first kappa shape index (κ1) is 12.4. The van der Waals surface area contributed by atoms with Crippen LogP contribution in [0, 0.1) is 0 Å². The average molecular weight is 223 g/mol. The van der Waals surface area contributed by atoms with Crippen molar-refractivity contribution in [1.82, 2.24) is 0 Å². The highest BCUT2D eigenvalue weighted by atomic mass is 16.5. The number of hydrogen-bond donors (Lipinski definition) is 1. The summed E-state index contributed by atoms with van der Waals surface area (Å²) >= 11 is 0. The second kappa shape index (κ2) is 5.42. The van der Waals surface area contributed by atoms with Gasteiger partial charge in [0.15, 0.2) is 11.5 Å². The van der Waals surface area contributed by atoms with E-state index in [-0.39, 0.29) is 6.04 Å². The highest BCUT2D eigenvalue weighted by Gasteiger charge is 2.18. The molecule has 0 bridgehead atoms. The molecule has 0 heterocycles. The van der Waals surface area contributed by atoms with Gasteiger partial charge in [0.05, 0.1) is 27.4 Å². The summed E-state index contributed by atoms with van der Waals surface area (Å²) in [5, 5.41) is 0. The van der Waals surface area contributed by atoms with Crippen molar-refractivity contribution in [2.75, 3.05) is 21.3 Å². The Hall–Kier alpha value is -1.68. The standard InChI is InChI=1S/C12H17NO3/c1-5-9(13)8-6-7-10(14-2)12(16-4)11(8)15-3/h5-7,9H,1,13H2,2-4H3. The Morgan fingerprint density at radius 2 is 1.75 bits per heavy atom. The molecular formula is C12H17NO3. The second-order valence-electron chi connectivity index (χ2n) is 3.19. The molecule has 1 unspecified atom stereocenters. The fraction of sp³-hybridized carbons (Fsp3) is 0.333. The fourth-order valence-corrected chi connectivity index (χ4v) is 1.51. The smallest absolute Gasteiger partial charge is 0.203 e. The third-order valence-electron chi connectivity index (χ3n) is 2.35. The zero-order chi connectivity index (χ0) is 12.1. The van der Waals surface area contributed by atoms with Gasteiger partial charge in [-0.2, -0.15) is 0 Å². The Bertz CT molecular complexity index is 377. The molecule has 1 aromatic rings. The Labute approximate surface area is 95.6 Å². The Morgan fingerprint density at radius 1 is 1.12 bits per heavy atom. The molecular weight excluding hydrogens is 206 g/mol. The van der Waals surface area contributed by atoms with Crippen molar-refractivity contribution in [2.45, 2.75) is 6.04 Å². The summed E-state index contributed by atoms with van der Waals surface area (Å²) in [5.74, 6) is 1.73. The topological polar surface area (TPSA) is 53.7 Å². The van der Waals surface area contributed by atoms with E-state index in [1.54, 1.807) is 33.5 Å². The first-order valence-corrected chi connectivity index (χ1v) is 4.86. The molecule has 0 fully saturated rings. The molecule has 0 aromatic heterocycles. The van der Waals surface area contributed by atoms with E-state index in [0.717, 1.165) is 5.56 Å². The molecule has 0 radical (unpaired) electrons. The molecule has 0 aliphatic rings.